The lowest BCUT2D eigenvalue weighted by Gasteiger charge is -2.21. The van der Waals surface area contributed by atoms with Gasteiger partial charge in [0.25, 0.3) is 6.47 Å². The van der Waals surface area contributed by atoms with E-state index in [1.165, 1.54) is 0 Å². The first-order valence-electron chi connectivity index (χ1n) is 4.61. The first-order valence-corrected chi connectivity index (χ1v) is 4.61. The third kappa shape index (κ3) is 2.57. The molecule has 3 heteroatoms. The number of hydrogen-bond acceptors (Lipinski definition) is 3. The first-order chi connectivity index (χ1) is 6.79. The molecule has 0 aromatic heterocycles. The minimum absolute atomic E-state index is 0.0996. The lowest BCUT2D eigenvalue weighted by Crippen LogP contribution is -2.30. The highest BCUT2D eigenvalue weighted by Gasteiger charge is 2.18. The summed E-state index contributed by atoms with van der Waals surface area (Å²) < 4.78 is 5.04. The van der Waals surface area contributed by atoms with Crippen LogP contribution in [0.25, 0.3) is 0 Å². The number of hydrogen-bond donors (Lipinski definition) is 1. The van der Waals surface area contributed by atoms with Crippen molar-refractivity contribution in [1.82, 2.24) is 5.32 Å². The highest BCUT2D eigenvalue weighted by Crippen LogP contribution is 2.19. The molecule has 0 saturated heterocycles. The molecule has 0 fully saturated rings. The van der Waals surface area contributed by atoms with Gasteiger partial charge < -0.3 is 10.1 Å². The summed E-state index contributed by atoms with van der Waals surface area (Å²) in [7, 11) is 1.84. The molecule has 14 heavy (non-hydrogen) atoms. The largest absolute Gasteiger partial charge is 0.458 e. The highest BCUT2D eigenvalue weighted by atomic mass is 16.5. The molecule has 0 aliphatic carbocycles. The van der Waals surface area contributed by atoms with E-state index in [2.05, 4.69) is 5.32 Å². The van der Waals surface area contributed by atoms with Crippen LogP contribution in [0, 0.1) is 0 Å². The van der Waals surface area contributed by atoms with Crippen molar-refractivity contribution in [3.8, 4) is 0 Å². The second-order valence-electron chi connectivity index (χ2n) is 3.14. The van der Waals surface area contributed by atoms with Gasteiger partial charge in [0.2, 0.25) is 0 Å². The Balaban J connectivity index is 2.82. The fraction of sp³-hybridized carbons (Fsp3) is 0.364. The standard InChI is InChI=1S/C11H15NO2/c1-9(12-2)11(14-8-13)10-6-4-3-5-7-10/h3-9,11-12H,1-2H3. The van der Waals surface area contributed by atoms with Crippen molar-refractivity contribution in [2.75, 3.05) is 7.05 Å². The van der Waals surface area contributed by atoms with Gasteiger partial charge in [-0.15, -0.1) is 0 Å². The number of likely N-dealkylation sites (N-methyl/N-ethyl adjacent to an activating group) is 1. The number of benzene rings is 1. The summed E-state index contributed by atoms with van der Waals surface area (Å²) in [6.07, 6.45) is -0.223. The maximum absolute atomic E-state index is 10.4. The molecule has 2 unspecified atom stereocenters. The van der Waals surface area contributed by atoms with Crippen LogP contribution in [0.1, 0.15) is 18.6 Å². The SMILES string of the molecule is CNC(C)C(OC=O)c1ccccc1. The zero-order valence-corrected chi connectivity index (χ0v) is 8.44. The zero-order valence-electron chi connectivity index (χ0n) is 8.44. The maximum Gasteiger partial charge on any atom is 0.293 e. The Hall–Kier alpha value is -1.35. The quantitative estimate of drug-likeness (QED) is 0.720. The molecule has 0 amide bonds. The van der Waals surface area contributed by atoms with E-state index in [0.717, 1.165) is 5.56 Å². The van der Waals surface area contributed by atoms with E-state index < -0.39 is 0 Å². The summed E-state index contributed by atoms with van der Waals surface area (Å²) in [5.41, 5.74) is 1.00. The molecular formula is C11H15NO2. The van der Waals surface area contributed by atoms with Gasteiger partial charge in [0.05, 0.1) is 0 Å². The van der Waals surface area contributed by atoms with Crippen molar-refractivity contribution < 1.29 is 9.53 Å². The molecule has 1 aromatic carbocycles. The van der Waals surface area contributed by atoms with Crippen LogP contribution >= 0.6 is 0 Å². The van der Waals surface area contributed by atoms with Gasteiger partial charge in [-0.1, -0.05) is 30.3 Å². The van der Waals surface area contributed by atoms with Crippen LogP contribution in [0.3, 0.4) is 0 Å². The molecule has 76 valence electrons. The van der Waals surface area contributed by atoms with Crippen molar-refractivity contribution >= 4 is 6.47 Å². The van der Waals surface area contributed by atoms with Crippen molar-refractivity contribution in [2.45, 2.75) is 19.1 Å². The Kier molecular flexibility index (Phi) is 4.13. The highest BCUT2D eigenvalue weighted by molar-refractivity contribution is 5.39. The van der Waals surface area contributed by atoms with Gasteiger partial charge in [-0.25, -0.2) is 0 Å². The Labute approximate surface area is 84.1 Å². The number of carbonyl (C=O) groups excluding carboxylic acids is 1. The van der Waals surface area contributed by atoms with E-state index in [1.54, 1.807) is 0 Å². The Morgan fingerprint density at radius 2 is 2.00 bits per heavy atom. The van der Waals surface area contributed by atoms with E-state index in [1.807, 2.05) is 44.3 Å². The number of nitrogens with one attached hydrogen (secondary N) is 1. The van der Waals surface area contributed by atoms with E-state index in [0.29, 0.717) is 6.47 Å². The van der Waals surface area contributed by atoms with Gasteiger partial charge in [-0.2, -0.15) is 0 Å². The van der Waals surface area contributed by atoms with Crippen LogP contribution in [-0.4, -0.2) is 19.6 Å². The van der Waals surface area contributed by atoms with Crippen molar-refractivity contribution in [3.05, 3.63) is 35.9 Å². The molecular weight excluding hydrogens is 178 g/mol. The number of carbonyl (C=O) groups is 1. The van der Waals surface area contributed by atoms with Gasteiger partial charge in [0.15, 0.2) is 0 Å². The molecule has 1 rings (SSSR count). The normalized spacial score (nSPS) is 14.4. The summed E-state index contributed by atoms with van der Waals surface area (Å²) in [6, 6.07) is 9.79. The second-order valence-corrected chi connectivity index (χ2v) is 3.14. The van der Waals surface area contributed by atoms with Crippen LogP contribution in [0.4, 0.5) is 0 Å². The molecule has 0 radical (unpaired) electrons. The molecule has 0 aliphatic heterocycles. The summed E-state index contributed by atoms with van der Waals surface area (Å²) >= 11 is 0. The lowest BCUT2D eigenvalue weighted by atomic mass is 10.0. The fourth-order valence-corrected chi connectivity index (χ4v) is 1.34. The molecule has 0 aliphatic rings. The number of ether oxygens (including phenoxy) is 1. The molecule has 2 atom stereocenters. The molecule has 0 spiro atoms. The molecule has 0 bridgehead atoms. The minimum Gasteiger partial charge on any atom is -0.458 e. The Morgan fingerprint density at radius 3 is 2.50 bits per heavy atom. The average molecular weight is 193 g/mol. The van der Waals surface area contributed by atoms with Crippen LogP contribution in [0.5, 0.6) is 0 Å². The van der Waals surface area contributed by atoms with Gasteiger partial charge >= 0.3 is 0 Å². The molecule has 3 nitrogen and oxygen atoms in total. The topological polar surface area (TPSA) is 38.3 Å². The summed E-state index contributed by atoms with van der Waals surface area (Å²) in [5.74, 6) is 0. The third-order valence-corrected chi connectivity index (χ3v) is 2.24. The van der Waals surface area contributed by atoms with Crippen LogP contribution < -0.4 is 5.32 Å². The van der Waals surface area contributed by atoms with Crippen LogP contribution in [-0.2, 0) is 9.53 Å². The Morgan fingerprint density at radius 1 is 1.36 bits per heavy atom. The van der Waals surface area contributed by atoms with Gasteiger partial charge in [-0.3, -0.25) is 4.79 Å². The van der Waals surface area contributed by atoms with Crippen LogP contribution in [0.2, 0.25) is 0 Å². The van der Waals surface area contributed by atoms with Gasteiger partial charge in [-0.05, 0) is 19.5 Å². The molecule has 1 N–H and O–H groups in total. The lowest BCUT2D eigenvalue weighted by molar-refractivity contribution is -0.135. The van der Waals surface area contributed by atoms with E-state index in [4.69, 9.17) is 4.74 Å². The first kappa shape index (κ1) is 10.7. The molecule has 0 heterocycles. The van der Waals surface area contributed by atoms with Crippen molar-refractivity contribution in [2.24, 2.45) is 0 Å². The zero-order chi connectivity index (χ0) is 10.4. The number of rotatable bonds is 5. The second kappa shape index (κ2) is 5.40. The predicted octanol–water partition coefficient (Wildman–Crippen LogP) is 1.51. The van der Waals surface area contributed by atoms with E-state index >= 15 is 0 Å². The maximum atomic E-state index is 10.4. The van der Waals surface area contributed by atoms with E-state index in [9.17, 15) is 4.79 Å². The molecule has 1 aromatic rings. The smallest absolute Gasteiger partial charge is 0.293 e. The minimum atomic E-state index is -0.223. The predicted molar refractivity (Wildman–Crippen MR) is 54.9 cm³/mol. The molecule has 0 saturated carbocycles. The summed E-state index contributed by atoms with van der Waals surface area (Å²) in [4.78, 5) is 10.4. The fourth-order valence-electron chi connectivity index (χ4n) is 1.34. The van der Waals surface area contributed by atoms with Gasteiger partial charge in [0.1, 0.15) is 6.10 Å². The van der Waals surface area contributed by atoms with Crippen molar-refractivity contribution in [1.29, 1.82) is 0 Å². The Bertz CT molecular complexity index is 274. The van der Waals surface area contributed by atoms with Crippen molar-refractivity contribution in [3.63, 3.8) is 0 Å². The summed E-state index contributed by atoms with van der Waals surface area (Å²) in [6.45, 7) is 2.46. The van der Waals surface area contributed by atoms with E-state index in [-0.39, 0.29) is 12.1 Å². The van der Waals surface area contributed by atoms with Gasteiger partial charge in [0, 0.05) is 6.04 Å². The van der Waals surface area contributed by atoms with Crippen LogP contribution in [0.15, 0.2) is 30.3 Å². The monoisotopic (exact) mass is 193 g/mol. The average Bonchev–Trinajstić information content (AvgIpc) is 2.26. The third-order valence-electron chi connectivity index (χ3n) is 2.24. The summed E-state index contributed by atoms with van der Waals surface area (Å²) in [5, 5.41) is 3.06.